The minimum absolute atomic E-state index is 0.0468. The number of nitrogen functional groups attached to an aromatic ring is 1. The summed E-state index contributed by atoms with van der Waals surface area (Å²) in [6.07, 6.45) is 5.25. The van der Waals surface area contributed by atoms with Crippen LogP contribution >= 0.6 is 22.9 Å². The van der Waals surface area contributed by atoms with Crippen molar-refractivity contribution in [2.45, 2.75) is 38.9 Å². The van der Waals surface area contributed by atoms with E-state index >= 15 is 0 Å². The van der Waals surface area contributed by atoms with Crippen molar-refractivity contribution in [1.82, 2.24) is 19.8 Å². The lowest BCUT2D eigenvalue weighted by atomic mass is 10.0. The zero-order valence-electron chi connectivity index (χ0n) is 17.9. The second kappa shape index (κ2) is 9.26. The number of nitrogens with zero attached hydrogens (tertiary/aromatic N) is 4. The van der Waals surface area contributed by atoms with Crippen LogP contribution in [0.5, 0.6) is 0 Å². The number of hydrogen-bond donors (Lipinski definition) is 1. The second-order valence-electron chi connectivity index (χ2n) is 7.82. The number of thiophene rings is 1. The van der Waals surface area contributed by atoms with E-state index in [1.54, 1.807) is 17.0 Å². The molecule has 2 N–H and O–H groups in total. The summed E-state index contributed by atoms with van der Waals surface area (Å²) < 4.78 is 0.670. The van der Waals surface area contributed by atoms with Gasteiger partial charge >= 0.3 is 0 Å². The first-order valence-corrected chi connectivity index (χ1v) is 11.6. The second-order valence-corrected chi connectivity index (χ2v) is 9.56. The number of aromatic nitrogens is 2. The number of anilines is 1. The summed E-state index contributed by atoms with van der Waals surface area (Å²) in [5, 5.41) is 0.788. The molecule has 1 aromatic carbocycles. The SMILES string of the molecule is CCC1C(=O)N(Cc2ccc3c(N)ncnc3c2)C(C)CN1C(=O)/C=C/c1ccc(Cl)s1. The average Bonchev–Trinajstić information content (AvgIpc) is 3.20. The van der Waals surface area contributed by atoms with E-state index in [-0.39, 0.29) is 17.9 Å². The van der Waals surface area contributed by atoms with E-state index in [2.05, 4.69) is 9.97 Å². The molecule has 1 fully saturated rings. The molecule has 32 heavy (non-hydrogen) atoms. The third kappa shape index (κ3) is 4.47. The molecule has 1 saturated heterocycles. The Kier molecular flexibility index (Phi) is 6.43. The molecular formula is C23H24ClN5O2S. The first-order valence-electron chi connectivity index (χ1n) is 10.4. The molecule has 9 heteroatoms. The topological polar surface area (TPSA) is 92.4 Å². The van der Waals surface area contributed by atoms with Crippen LogP contribution in [0, 0.1) is 0 Å². The van der Waals surface area contributed by atoms with Crippen LogP contribution in [0.25, 0.3) is 17.0 Å². The molecule has 1 aliphatic rings. The number of hydrogen-bond acceptors (Lipinski definition) is 6. The molecule has 166 valence electrons. The van der Waals surface area contributed by atoms with E-state index in [0.29, 0.717) is 29.7 Å². The Morgan fingerprint density at radius 3 is 2.84 bits per heavy atom. The van der Waals surface area contributed by atoms with Crippen LogP contribution in [0.4, 0.5) is 5.82 Å². The molecule has 0 saturated carbocycles. The van der Waals surface area contributed by atoms with Gasteiger partial charge in [0.15, 0.2) is 0 Å². The van der Waals surface area contributed by atoms with Gasteiger partial charge in [0, 0.05) is 35.5 Å². The highest BCUT2D eigenvalue weighted by atomic mass is 35.5. The van der Waals surface area contributed by atoms with Crippen molar-refractivity contribution in [3.63, 3.8) is 0 Å². The fourth-order valence-corrected chi connectivity index (χ4v) is 4.97. The summed E-state index contributed by atoms with van der Waals surface area (Å²) in [7, 11) is 0. The maximum Gasteiger partial charge on any atom is 0.247 e. The molecule has 0 aliphatic carbocycles. The largest absolute Gasteiger partial charge is 0.383 e. The first kappa shape index (κ1) is 22.2. The van der Waals surface area contributed by atoms with Crippen molar-refractivity contribution in [2.24, 2.45) is 0 Å². The number of carbonyl (C=O) groups excluding carboxylic acids is 2. The Morgan fingerprint density at radius 1 is 1.31 bits per heavy atom. The molecule has 2 aromatic heterocycles. The van der Waals surface area contributed by atoms with Crippen LogP contribution in [-0.2, 0) is 16.1 Å². The maximum absolute atomic E-state index is 13.3. The monoisotopic (exact) mass is 469 g/mol. The van der Waals surface area contributed by atoms with Crippen LogP contribution in [0.1, 0.15) is 30.7 Å². The molecular weight excluding hydrogens is 446 g/mol. The van der Waals surface area contributed by atoms with Gasteiger partial charge in [0.2, 0.25) is 11.8 Å². The van der Waals surface area contributed by atoms with E-state index in [0.717, 1.165) is 21.3 Å². The molecule has 0 radical (unpaired) electrons. The van der Waals surface area contributed by atoms with E-state index in [1.807, 2.05) is 43.0 Å². The number of halogens is 1. The van der Waals surface area contributed by atoms with E-state index in [9.17, 15) is 9.59 Å². The summed E-state index contributed by atoms with van der Waals surface area (Å²) in [6.45, 7) is 4.81. The number of fused-ring (bicyclic) bond motifs is 1. The van der Waals surface area contributed by atoms with Gasteiger partial charge in [-0.15, -0.1) is 11.3 Å². The van der Waals surface area contributed by atoms with Crippen LogP contribution in [0.3, 0.4) is 0 Å². The van der Waals surface area contributed by atoms with Gasteiger partial charge in [-0.05, 0) is 49.2 Å². The highest BCUT2D eigenvalue weighted by molar-refractivity contribution is 7.17. The van der Waals surface area contributed by atoms with Crippen molar-refractivity contribution < 1.29 is 9.59 Å². The summed E-state index contributed by atoms with van der Waals surface area (Å²) in [5.41, 5.74) is 7.62. The number of amides is 2. The number of piperazine rings is 1. The summed E-state index contributed by atoms with van der Waals surface area (Å²) in [4.78, 5) is 38.9. The van der Waals surface area contributed by atoms with Gasteiger partial charge in [-0.25, -0.2) is 9.97 Å². The van der Waals surface area contributed by atoms with E-state index in [1.165, 1.54) is 23.7 Å². The van der Waals surface area contributed by atoms with Crippen molar-refractivity contribution >= 4 is 57.5 Å². The van der Waals surface area contributed by atoms with Crippen LogP contribution in [0.2, 0.25) is 4.34 Å². The quantitative estimate of drug-likeness (QED) is 0.570. The minimum atomic E-state index is -0.492. The predicted molar refractivity (Wildman–Crippen MR) is 128 cm³/mol. The molecule has 3 aromatic rings. The lowest BCUT2D eigenvalue weighted by molar-refractivity contribution is -0.153. The van der Waals surface area contributed by atoms with Crippen molar-refractivity contribution in [2.75, 3.05) is 12.3 Å². The predicted octanol–water partition coefficient (Wildman–Crippen LogP) is 3.98. The van der Waals surface area contributed by atoms with Gasteiger partial charge < -0.3 is 15.5 Å². The average molecular weight is 470 g/mol. The number of benzene rings is 1. The Labute approximate surface area is 195 Å². The lowest BCUT2D eigenvalue weighted by Gasteiger charge is -2.44. The molecule has 2 amide bonds. The first-order chi connectivity index (χ1) is 15.4. The van der Waals surface area contributed by atoms with Gasteiger partial charge in [-0.2, -0.15) is 0 Å². The molecule has 1 aliphatic heterocycles. The van der Waals surface area contributed by atoms with Crippen LogP contribution in [-0.4, -0.2) is 50.2 Å². The van der Waals surface area contributed by atoms with Crippen LogP contribution in [0.15, 0.2) is 42.7 Å². The van der Waals surface area contributed by atoms with Gasteiger partial charge in [0.1, 0.15) is 18.2 Å². The zero-order valence-corrected chi connectivity index (χ0v) is 19.4. The molecule has 4 rings (SSSR count). The standard InChI is InChI=1S/C23H24ClN5O2S/c1-3-19-23(31)28(12-15-4-7-17-18(10-15)26-13-27-22(17)25)14(2)11-29(19)21(30)9-6-16-5-8-20(24)32-16/h4-10,13-14,19H,3,11-12H2,1-2H3,(H2,25,26,27)/b9-6+. The number of carbonyl (C=O) groups is 2. The normalized spacial score (nSPS) is 19.3. The molecule has 7 nitrogen and oxygen atoms in total. The highest BCUT2D eigenvalue weighted by Crippen LogP contribution is 2.25. The minimum Gasteiger partial charge on any atom is -0.383 e. The van der Waals surface area contributed by atoms with Gasteiger partial charge in [-0.3, -0.25) is 9.59 Å². The van der Waals surface area contributed by atoms with Crippen LogP contribution < -0.4 is 5.73 Å². The van der Waals surface area contributed by atoms with Gasteiger partial charge in [0.05, 0.1) is 9.85 Å². The van der Waals surface area contributed by atoms with Crippen molar-refractivity contribution in [3.05, 3.63) is 57.5 Å². The zero-order chi connectivity index (χ0) is 22.8. The summed E-state index contributed by atoms with van der Waals surface area (Å²) >= 11 is 7.36. The summed E-state index contributed by atoms with van der Waals surface area (Å²) in [5.74, 6) is 0.218. The highest BCUT2D eigenvalue weighted by Gasteiger charge is 2.39. The van der Waals surface area contributed by atoms with Gasteiger partial charge in [0.25, 0.3) is 0 Å². The molecule has 2 atom stereocenters. The smallest absolute Gasteiger partial charge is 0.247 e. The lowest BCUT2D eigenvalue weighted by Crippen LogP contribution is -2.61. The Balaban J connectivity index is 1.51. The summed E-state index contributed by atoms with van der Waals surface area (Å²) in [6, 6.07) is 8.80. The molecule has 0 bridgehead atoms. The third-order valence-corrected chi connectivity index (χ3v) is 6.87. The fourth-order valence-electron chi connectivity index (χ4n) is 4.01. The van der Waals surface area contributed by atoms with Crippen molar-refractivity contribution in [1.29, 1.82) is 0 Å². The van der Waals surface area contributed by atoms with E-state index in [4.69, 9.17) is 17.3 Å². The fraction of sp³-hybridized carbons (Fsp3) is 0.304. The number of rotatable bonds is 5. The Morgan fingerprint density at radius 2 is 2.12 bits per heavy atom. The Hall–Kier alpha value is -2.97. The van der Waals surface area contributed by atoms with Crippen molar-refractivity contribution in [3.8, 4) is 0 Å². The molecule has 2 unspecified atom stereocenters. The molecule has 0 spiro atoms. The maximum atomic E-state index is 13.3. The Bertz CT molecular complexity index is 1190. The number of nitrogens with two attached hydrogens (primary N) is 1. The molecule has 3 heterocycles. The van der Waals surface area contributed by atoms with E-state index < -0.39 is 6.04 Å². The third-order valence-electron chi connectivity index (χ3n) is 5.68. The van der Waals surface area contributed by atoms with Gasteiger partial charge in [-0.1, -0.05) is 24.6 Å².